The van der Waals surface area contributed by atoms with Crippen LogP contribution in [0.2, 0.25) is 0 Å². The number of carbonyl (C=O) groups excluding carboxylic acids is 2. The topological polar surface area (TPSA) is 77.4 Å². The van der Waals surface area contributed by atoms with Crippen LogP contribution in [0.5, 0.6) is 0 Å². The van der Waals surface area contributed by atoms with Gasteiger partial charge in [-0.3, -0.25) is 9.80 Å². The van der Waals surface area contributed by atoms with E-state index in [9.17, 15) is 9.59 Å². The molecule has 0 saturated carbocycles. The van der Waals surface area contributed by atoms with E-state index in [0.717, 1.165) is 5.56 Å². The molecule has 0 saturated heterocycles. The summed E-state index contributed by atoms with van der Waals surface area (Å²) in [5.41, 5.74) is 2.19. The lowest BCUT2D eigenvalue weighted by Gasteiger charge is -2.31. The van der Waals surface area contributed by atoms with Crippen LogP contribution in [0.15, 0.2) is 46.9 Å². The van der Waals surface area contributed by atoms with Crippen LogP contribution >= 0.6 is 0 Å². The number of esters is 1. The Hall–Kier alpha value is -2.83. The summed E-state index contributed by atoms with van der Waals surface area (Å²) in [5.74, 6) is -0.345. The third-order valence-electron chi connectivity index (χ3n) is 3.87. The second-order valence-corrected chi connectivity index (χ2v) is 5.68. The summed E-state index contributed by atoms with van der Waals surface area (Å²) >= 11 is 0. The maximum Gasteiger partial charge on any atom is 0.513 e. The number of hydrazone groups is 1. The van der Waals surface area contributed by atoms with Crippen LogP contribution < -0.4 is 0 Å². The molecule has 0 spiro atoms. The fraction of sp³-hybridized carbons (Fsp3) is 0.421. The van der Waals surface area contributed by atoms with Crippen LogP contribution in [-0.4, -0.2) is 42.6 Å². The van der Waals surface area contributed by atoms with Gasteiger partial charge in [-0.25, -0.2) is 4.79 Å². The summed E-state index contributed by atoms with van der Waals surface area (Å²) < 4.78 is 15.4. The number of ether oxygens (including phenoxy) is 3. The minimum absolute atomic E-state index is 0.0613. The maximum absolute atomic E-state index is 11.9. The molecule has 0 N–H and O–H groups in total. The molecule has 1 aliphatic rings. The number of carbonyl (C=O) groups is 2. The lowest BCUT2D eigenvalue weighted by Crippen LogP contribution is -2.34. The van der Waals surface area contributed by atoms with Gasteiger partial charge < -0.3 is 14.2 Å². The first kappa shape index (κ1) is 19.5. The van der Waals surface area contributed by atoms with E-state index < -0.39 is 12.1 Å². The molecule has 1 unspecified atom stereocenters. The SMILES string of the molecule is CCOC(=O)CN1N=C(C)C(c2ccccc2)C(OC(=O)OCC)=C1C. The summed E-state index contributed by atoms with van der Waals surface area (Å²) in [6.45, 7) is 7.46. The first-order valence-corrected chi connectivity index (χ1v) is 8.56. The molecule has 26 heavy (non-hydrogen) atoms. The van der Waals surface area contributed by atoms with Crippen LogP contribution in [0.25, 0.3) is 0 Å². The molecule has 0 bridgehead atoms. The first-order chi connectivity index (χ1) is 12.5. The summed E-state index contributed by atoms with van der Waals surface area (Å²) in [5, 5.41) is 5.99. The largest absolute Gasteiger partial charge is 0.513 e. The highest BCUT2D eigenvalue weighted by molar-refractivity contribution is 5.92. The molecule has 7 heteroatoms. The molecule has 7 nitrogen and oxygen atoms in total. The average molecular weight is 360 g/mol. The Morgan fingerprint density at radius 2 is 1.73 bits per heavy atom. The van der Waals surface area contributed by atoms with Gasteiger partial charge in [0.2, 0.25) is 0 Å². The van der Waals surface area contributed by atoms with Gasteiger partial charge in [-0.15, -0.1) is 0 Å². The van der Waals surface area contributed by atoms with Gasteiger partial charge in [-0.2, -0.15) is 5.10 Å². The fourth-order valence-corrected chi connectivity index (χ4v) is 2.74. The molecule has 2 rings (SSSR count). The molecule has 1 heterocycles. The van der Waals surface area contributed by atoms with Crippen molar-refractivity contribution in [3.05, 3.63) is 47.4 Å². The molecule has 0 aromatic heterocycles. The Morgan fingerprint density at radius 1 is 1.08 bits per heavy atom. The van der Waals surface area contributed by atoms with E-state index in [-0.39, 0.29) is 25.7 Å². The van der Waals surface area contributed by atoms with Gasteiger partial charge in [-0.05, 0) is 33.3 Å². The summed E-state index contributed by atoms with van der Waals surface area (Å²) in [6, 6.07) is 9.60. The van der Waals surface area contributed by atoms with Crippen molar-refractivity contribution in [3.63, 3.8) is 0 Å². The normalized spacial score (nSPS) is 16.8. The van der Waals surface area contributed by atoms with Gasteiger partial charge in [0.05, 0.1) is 30.5 Å². The van der Waals surface area contributed by atoms with Crippen molar-refractivity contribution in [1.82, 2.24) is 5.01 Å². The Labute approximate surface area is 153 Å². The molecular formula is C19H24N2O5. The van der Waals surface area contributed by atoms with E-state index in [1.807, 2.05) is 37.3 Å². The standard InChI is InChI=1S/C19H24N2O5/c1-5-24-16(22)12-21-14(4)18(26-19(23)25-6-2)17(13(3)20-21)15-10-8-7-9-11-15/h7-11,17H,5-6,12H2,1-4H3. The van der Waals surface area contributed by atoms with Gasteiger partial charge in [0.15, 0.2) is 0 Å². The summed E-state index contributed by atoms with van der Waals surface area (Å²) in [4.78, 5) is 23.8. The highest BCUT2D eigenvalue weighted by Crippen LogP contribution is 2.34. The number of hydrogen-bond acceptors (Lipinski definition) is 7. The van der Waals surface area contributed by atoms with Crippen LogP contribution in [0.4, 0.5) is 4.79 Å². The third kappa shape index (κ3) is 4.62. The minimum Gasteiger partial charge on any atom is -0.465 e. The number of benzene rings is 1. The number of nitrogens with zero attached hydrogens (tertiary/aromatic N) is 2. The second-order valence-electron chi connectivity index (χ2n) is 5.68. The summed E-state index contributed by atoms with van der Waals surface area (Å²) in [7, 11) is 0. The molecule has 1 aromatic carbocycles. The lowest BCUT2D eigenvalue weighted by atomic mass is 9.91. The highest BCUT2D eigenvalue weighted by Gasteiger charge is 2.33. The molecule has 0 radical (unpaired) electrons. The van der Waals surface area contributed by atoms with Crippen molar-refractivity contribution in [2.75, 3.05) is 19.8 Å². The van der Waals surface area contributed by atoms with Crippen molar-refractivity contribution in [2.45, 2.75) is 33.6 Å². The molecule has 140 valence electrons. The van der Waals surface area contributed by atoms with Gasteiger partial charge in [-0.1, -0.05) is 30.3 Å². The Morgan fingerprint density at radius 3 is 2.35 bits per heavy atom. The maximum atomic E-state index is 11.9. The third-order valence-corrected chi connectivity index (χ3v) is 3.87. The molecule has 1 aliphatic heterocycles. The van der Waals surface area contributed by atoms with Crippen molar-refractivity contribution in [3.8, 4) is 0 Å². The molecule has 0 aliphatic carbocycles. The smallest absolute Gasteiger partial charge is 0.465 e. The second kappa shape index (κ2) is 9.03. The molecule has 1 atom stereocenters. The van der Waals surface area contributed by atoms with E-state index in [1.54, 1.807) is 20.8 Å². The van der Waals surface area contributed by atoms with E-state index in [2.05, 4.69) is 5.10 Å². The molecule has 0 amide bonds. The van der Waals surface area contributed by atoms with Gasteiger partial charge >= 0.3 is 12.1 Å². The van der Waals surface area contributed by atoms with Gasteiger partial charge in [0, 0.05) is 0 Å². The van der Waals surface area contributed by atoms with Crippen LogP contribution in [0, 0.1) is 0 Å². The summed E-state index contributed by atoms with van der Waals surface area (Å²) in [6.07, 6.45) is -0.784. The van der Waals surface area contributed by atoms with E-state index in [1.165, 1.54) is 5.01 Å². The number of allylic oxidation sites excluding steroid dienone is 2. The highest BCUT2D eigenvalue weighted by atomic mass is 16.7. The predicted molar refractivity (Wildman–Crippen MR) is 96.4 cm³/mol. The zero-order valence-electron chi connectivity index (χ0n) is 15.5. The Balaban J connectivity index is 2.39. The van der Waals surface area contributed by atoms with E-state index in [0.29, 0.717) is 17.2 Å². The zero-order valence-corrected chi connectivity index (χ0v) is 15.5. The van der Waals surface area contributed by atoms with Crippen molar-refractivity contribution in [2.24, 2.45) is 5.10 Å². The average Bonchev–Trinajstić information content (AvgIpc) is 2.60. The lowest BCUT2D eigenvalue weighted by molar-refractivity contribution is -0.144. The van der Waals surface area contributed by atoms with E-state index >= 15 is 0 Å². The zero-order chi connectivity index (χ0) is 19.1. The number of hydrogen-bond donors (Lipinski definition) is 0. The van der Waals surface area contributed by atoms with Crippen molar-refractivity contribution >= 4 is 17.8 Å². The van der Waals surface area contributed by atoms with Crippen LogP contribution in [0.1, 0.15) is 39.2 Å². The van der Waals surface area contributed by atoms with Gasteiger partial charge in [0.1, 0.15) is 12.3 Å². The first-order valence-electron chi connectivity index (χ1n) is 8.56. The molecular weight excluding hydrogens is 336 g/mol. The predicted octanol–water partition coefficient (Wildman–Crippen LogP) is 3.43. The monoisotopic (exact) mass is 360 g/mol. The van der Waals surface area contributed by atoms with E-state index in [4.69, 9.17) is 14.2 Å². The molecule has 0 fully saturated rings. The quantitative estimate of drug-likeness (QED) is 0.723. The Bertz CT molecular complexity index is 712. The Kier molecular flexibility index (Phi) is 6.77. The van der Waals surface area contributed by atoms with Crippen molar-refractivity contribution < 1.29 is 23.8 Å². The van der Waals surface area contributed by atoms with Crippen LogP contribution in [-0.2, 0) is 19.0 Å². The minimum atomic E-state index is -0.784. The molecule has 1 aromatic rings. The number of rotatable bonds is 6. The van der Waals surface area contributed by atoms with Gasteiger partial charge in [0.25, 0.3) is 0 Å². The van der Waals surface area contributed by atoms with Crippen LogP contribution in [0.3, 0.4) is 0 Å². The van der Waals surface area contributed by atoms with Crippen molar-refractivity contribution in [1.29, 1.82) is 0 Å². The fourth-order valence-electron chi connectivity index (χ4n) is 2.74.